The number of rotatable bonds is 2. The molecule has 0 saturated carbocycles. The largest absolute Gasteiger partial charge is 0.384 e. The fraction of sp³-hybridized carbons (Fsp3) is 0.250. The minimum Gasteiger partial charge on any atom is -0.384 e. The minimum atomic E-state index is 0.252. The standard InChI is InChI=1S/C4H10N4/c1-4(5)7-3-8(2)6/h3H,1,5-6H2,2H3. The van der Waals surface area contributed by atoms with Crippen LogP contribution in [0.15, 0.2) is 17.4 Å². The molecule has 4 heteroatoms. The van der Waals surface area contributed by atoms with E-state index >= 15 is 0 Å². The van der Waals surface area contributed by atoms with Crippen LogP contribution in [-0.2, 0) is 0 Å². The van der Waals surface area contributed by atoms with Gasteiger partial charge in [-0.1, -0.05) is 6.58 Å². The van der Waals surface area contributed by atoms with E-state index in [1.165, 1.54) is 11.3 Å². The van der Waals surface area contributed by atoms with Gasteiger partial charge in [-0.25, -0.2) is 10.8 Å². The fourth-order valence-corrected chi connectivity index (χ4v) is 0.165. The Balaban J connectivity index is 3.50. The first-order valence-corrected chi connectivity index (χ1v) is 2.09. The van der Waals surface area contributed by atoms with E-state index in [-0.39, 0.29) is 5.82 Å². The summed E-state index contributed by atoms with van der Waals surface area (Å²) in [5.41, 5.74) is 5.07. The summed E-state index contributed by atoms with van der Waals surface area (Å²) in [6.45, 7) is 3.32. The number of hydrazine groups is 1. The van der Waals surface area contributed by atoms with Crippen LogP contribution in [-0.4, -0.2) is 18.4 Å². The van der Waals surface area contributed by atoms with Crippen LogP contribution in [0.1, 0.15) is 0 Å². The molecule has 0 radical (unpaired) electrons. The maximum atomic E-state index is 5.13. The molecule has 0 aromatic heterocycles. The second kappa shape index (κ2) is 3.04. The van der Waals surface area contributed by atoms with Crippen molar-refractivity contribution in [2.45, 2.75) is 0 Å². The molecule has 0 amide bonds. The van der Waals surface area contributed by atoms with Gasteiger partial charge in [0.2, 0.25) is 0 Å². The van der Waals surface area contributed by atoms with Gasteiger partial charge >= 0.3 is 0 Å². The molecule has 0 spiro atoms. The predicted molar refractivity (Wildman–Crippen MR) is 33.8 cm³/mol. The molecule has 0 aromatic rings. The van der Waals surface area contributed by atoms with Crippen molar-refractivity contribution in [3.8, 4) is 0 Å². The summed E-state index contributed by atoms with van der Waals surface area (Å²) in [7, 11) is 1.65. The van der Waals surface area contributed by atoms with E-state index in [1.54, 1.807) is 7.05 Å². The predicted octanol–water partition coefficient (Wildman–Crippen LogP) is -0.750. The Morgan fingerprint density at radius 3 is 2.50 bits per heavy atom. The van der Waals surface area contributed by atoms with E-state index in [0.29, 0.717) is 0 Å². The normalized spacial score (nSPS) is 9.75. The van der Waals surface area contributed by atoms with Crippen molar-refractivity contribution in [2.24, 2.45) is 16.6 Å². The molecule has 0 aliphatic heterocycles. The third-order valence-electron chi connectivity index (χ3n) is 0.406. The van der Waals surface area contributed by atoms with Crippen molar-refractivity contribution in [1.29, 1.82) is 0 Å². The number of hydrogen-bond acceptors (Lipinski definition) is 3. The molecule has 4 N–H and O–H groups in total. The van der Waals surface area contributed by atoms with Crippen molar-refractivity contribution < 1.29 is 0 Å². The van der Waals surface area contributed by atoms with E-state index < -0.39 is 0 Å². The summed E-state index contributed by atoms with van der Waals surface area (Å²) >= 11 is 0. The van der Waals surface area contributed by atoms with Gasteiger partial charge in [-0.2, -0.15) is 0 Å². The Morgan fingerprint density at radius 2 is 2.38 bits per heavy atom. The average molecular weight is 114 g/mol. The van der Waals surface area contributed by atoms with Crippen LogP contribution in [0.2, 0.25) is 0 Å². The Bertz CT molecular complexity index is 105. The summed E-state index contributed by atoms with van der Waals surface area (Å²) < 4.78 is 0. The second-order valence-corrected chi connectivity index (χ2v) is 1.40. The molecule has 46 valence electrons. The molecule has 0 unspecified atom stereocenters. The van der Waals surface area contributed by atoms with Crippen molar-refractivity contribution in [1.82, 2.24) is 5.01 Å². The highest BCUT2D eigenvalue weighted by molar-refractivity contribution is 5.54. The molecule has 0 aliphatic carbocycles. The van der Waals surface area contributed by atoms with Gasteiger partial charge in [0.25, 0.3) is 0 Å². The van der Waals surface area contributed by atoms with Crippen LogP contribution >= 0.6 is 0 Å². The lowest BCUT2D eigenvalue weighted by atomic mass is 10.8. The topological polar surface area (TPSA) is 67.6 Å². The van der Waals surface area contributed by atoms with Crippen LogP contribution < -0.4 is 11.6 Å². The molecular formula is C4H10N4. The molecule has 0 saturated heterocycles. The molecule has 0 heterocycles. The molecule has 0 atom stereocenters. The van der Waals surface area contributed by atoms with Crippen LogP contribution in [0.3, 0.4) is 0 Å². The van der Waals surface area contributed by atoms with Gasteiger partial charge < -0.3 is 10.7 Å². The summed E-state index contributed by atoms with van der Waals surface area (Å²) in [5, 5.41) is 1.29. The highest BCUT2D eigenvalue weighted by Gasteiger charge is 1.75. The van der Waals surface area contributed by atoms with E-state index in [2.05, 4.69) is 11.6 Å². The third-order valence-corrected chi connectivity index (χ3v) is 0.406. The fourth-order valence-electron chi connectivity index (χ4n) is 0.165. The lowest BCUT2D eigenvalue weighted by molar-refractivity contribution is 0.555. The number of aliphatic imine (C=N–C) groups is 1. The Labute approximate surface area is 48.4 Å². The van der Waals surface area contributed by atoms with Crippen LogP contribution in [0.5, 0.6) is 0 Å². The van der Waals surface area contributed by atoms with Crippen molar-refractivity contribution in [3.05, 3.63) is 12.4 Å². The summed E-state index contributed by atoms with van der Waals surface area (Å²) in [6, 6.07) is 0. The number of hydrogen-bond donors (Lipinski definition) is 2. The Morgan fingerprint density at radius 1 is 1.88 bits per heavy atom. The van der Waals surface area contributed by atoms with Gasteiger partial charge in [-0.3, -0.25) is 0 Å². The minimum absolute atomic E-state index is 0.252. The first-order valence-electron chi connectivity index (χ1n) is 2.09. The summed E-state index contributed by atoms with van der Waals surface area (Å²) in [5.74, 6) is 5.38. The van der Waals surface area contributed by atoms with Gasteiger partial charge in [0.1, 0.15) is 12.2 Å². The monoisotopic (exact) mass is 114 g/mol. The zero-order valence-corrected chi connectivity index (χ0v) is 4.83. The molecule has 8 heavy (non-hydrogen) atoms. The maximum Gasteiger partial charge on any atom is 0.117 e. The van der Waals surface area contributed by atoms with Gasteiger partial charge in [0.05, 0.1) is 0 Å². The van der Waals surface area contributed by atoms with Crippen LogP contribution in [0.4, 0.5) is 0 Å². The van der Waals surface area contributed by atoms with Crippen LogP contribution in [0.25, 0.3) is 0 Å². The molecule has 0 bridgehead atoms. The van der Waals surface area contributed by atoms with Gasteiger partial charge in [-0.15, -0.1) is 0 Å². The SMILES string of the molecule is C=C(N)N=CN(C)N. The van der Waals surface area contributed by atoms with E-state index in [0.717, 1.165) is 0 Å². The third kappa shape index (κ3) is 4.97. The Kier molecular flexibility index (Phi) is 2.64. The Hall–Kier alpha value is -1.03. The van der Waals surface area contributed by atoms with Gasteiger partial charge in [0.15, 0.2) is 0 Å². The van der Waals surface area contributed by atoms with Crippen molar-refractivity contribution in [2.75, 3.05) is 7.05 Å². The first kappa shape index (κ1) is 6.97. The average Bonchev–Trinajstić information content (AvgIpc) is 1.61. The number of nitrogens with zero attached hydrogens (tertiary/aromatic N) is 2. The molecule has 0 fully saturated rings. The summed E-state index contributed by atoms with van der Waals surface area (Å²) in [6.07, 6.45) is 1.38. The summed E-state index contributed by atoms with van der Waals surface area (Å²) in [4.78, 5) is 3.58. The van der Waals surface area contributed by atoms with E-state index in [1.807, 2.05) is 0 Å². The van der Waals surface area contributed by atoms with Crippen LogP contribution in [0, 0.1) is 0 Å². The molecule has 0 aromatic carbocycles. The number of nitrogens with two attached hydrogens (primary N) is 2. The lowest BCUT2D eigenvalue weighted by Gasteiger charge is -2.00. The van der Waals surface area contributed by atoms with Crippen molar-refractivity contribution >= 4 is 6.34 Å². The zero-order valence-electron chi connectivity index (χ0n) is 4.83. The molecule has 4 nitrogen and oxygen atoms in total. The highest BCUT2D eigenvalue weighted by atomic mass is 15.4. The van der Waals surface area contributed by atoms with E-state index in [9.17, 15) is 0 Å². The molecular weight excluding hydrogens is 104 g/mol. The maximum absolute atomic E-state index is 5.13. The van der Waals surface area contributed by atoms with Gasteiger partial charge in [-0.05, 0) is 0 Å². The lowest BCUT2D eigenvalue weighted by Crippen LogP contribution is -2.23. The zero-order chi connectivity index (χ0) is 6.57. The second-order valence-electron chi connectivity index (χ2n) is 1.40. The van der Waals surface area contributed by atoms with E-state index in [4.69, 9.17) is 11.6 Å². The quantitative estimate of drug-likeness (QED) is 0.215. The highest BCUT2D eigenvalue weighted by Crippen LogP contribution is 1.74. The van der Waals surface area contributed by atoms with Gasteiger partial charge in [0, 0.05) is 7.05 Å². The smallest absolute Gasteiger partial charge is 0.117 e. The van der Waals surface area contributed by atoms with Crippen molar-refractivity contribution in [3.63, 3.8) is 0 Å². The molecule has 0 aliphatic rings. The molecule has 0 rings (SSSR count). The first-order chi connectivity index (χ1) is 3.63.